The minimum Gasteiger partial charge on any atom is -0.259 e. The molecule has 2 atom stereocenters. The molecule has 0 radical (unpaired) electrons. The van der Waals surface area contributed by atoms with Gasteiger partial charge in [0.15, 0.2) is 0 Å². The number of hydrogen-bond donors (Lipinski definition) is 0. The van der Waals surface area contributed by atoms with Crippen molar-refractivity contribution in [3.05, 3.63) is 0 Å². The van der Waals surface area contributed by atoms with Crippen LogP contribution in [0.5, 0.6) is 0 Å². The number of hydrogen-bond acceptors (Lipinski definition) is 1. The molecule has 11 heteroatoms. The van der Waals surface area contributed by atoms with E-state index >= 15 is 0 Å². The van der Waals surface area contributed by atoms with Crippen LogP contribution in [-0.4, -0.2) is 36.9 Å². The van der Waals surface area contributed by atoms with Gasteiger partial charge in [0.25, 0.3) is 5.92 Å². The summed E-state index contributed by atoms with van der Waals surface area (Å²) in [6, 6.07) is -3.38. The maximum Gasteiger partial charge on any atom is 0.328 e. The second-order valence-electron chi connectivity index (χ2n) is 4.57. The SMILES string of the molecule is O=C(F)C1(C(F)C(C(F)F)C(F)F)C#CC(F)(F)CC1(F)F. The molecule has 0 heterocycles. The molecular weight excluding hydrogens is 338 g/mol. The quantitative estimate of drug-likeness (QED) is 0.423. The zero-order valence-corrected chi connectivity index (χ0v) is 10.2. The highest BCUT2D eigenvalue weighted by Crippen LogP contribution is 2.53. The molecule has 0 aromatic rings. The van der Waals surface area contributed by atoms with Gasteiger partial charge in [0, 0.05) is 0 Å². The Balaban J connectivity index is 3.52. The fraction of sp³-hybridized carbons (Fsp3) is 0.727. The standard InChI is InChI=1S/C11H6F10O/c12-5(4(6(13)14)7(15)16)10(8(17)22)2-1-9(18,19)3-11(10,20)21/h4-7H,3H2. The van der Waals surface area contributed by atoms with Crippen molar-refractivity contribution in [2.45, 2.75) is 37.3 Å². The van der Waals surface area contributed by atoms with E-state index < -0.39 is 54.7 Å². The van der Waals surface area contributed by atoms with Crippen LogP contribution in [-0.2, 0) is 4.79 Å². The molecule has 126 valence electrons. The number of carbonyl (C=O) groups is 1. The second-order valence-corrected chi connectivity index (χ2v) is 4.57. The molecule has 1 aliphatic carbocycles. The fourth-order valence-corrected chi connectivity index (χ4v) is 1.97. The minimum absolute atomic E-state index is 0.586. The molecule has 0 amide bonds. The second kappa shape index (κ2) is 5.62. The molecular formula is C11H6F10O. The molecule has 0 bridgehead atoms. The van der Waals surface area contributed by atoms with Crippen molar-refractivity contribution in [2.24, 2.45) is 11.3 Å². The van der Waals surface area contributed by atoms with Crippen molar-refractivity contribution in [1.82, 2.24) is 0 Å². The van der Waals surface area contributed by atoms with Gasteiger partial charge in [-0.2, -0.15) is 13.2 Å². The van der Waals surface area contributed by atoms with E-state index in [2.05, 4.69) is 0 Å². The minimum atomic E-state index is -5.27. The number of carbonyl (C=O) groups excluding carboxylic acids is 1. The van der Waals surface area contributed by atoms with Crippen LogP contribution in [0, 0.1) is 23.2 Å². The third-order valence-electron chi connectivity index (χ3n) is 3.11. The van der Waals surface area contributed by atoms with Gasteiger partial charge < -0.3 is 0 Å². The summed E-state index contributed by atoms with van der Waals surface area (Å²) in [6.07, 6.45) is -15.4. The molecule has 22 heavy (non-hydrogen) atoms. The van der Waals surface area contributed by atoms with Crippen LogP contribution >= 0.6 is 0 Å². The Morgan fingerprint density at radius 3 is 1.68 bits per heavy atom. The van der Waals surface area contributed by atoms with Crippen LogP contribution in [0.2, 0.25) is 0 Å². The zero-order valence-electron chi connectivity index (χ0n) is 10.2. The summed E-state index contributed by atoms with van der Waals surface area (Å²) in [4.78, 5) is 10.7. The van der Waals surface area contributed by atoms with E-state index in [0.29, 0.717) is 11.8 Å². The van der Waals surface area contributed by atoms with Crippen LogP contribution < -0.4 is 0 Å². The first kappa shape index (κ1) is 18.6. The van der Waals surface area contributed by atoms with Crippen molar-refractivity contribution in [3.63, 3.8) is 0 Å². The Bertz CT molecular complexity index is 497. The van der Waals surface area contributed by atoms with Gasteiger partial charge in [0.2, 0.25) is 18.3 Å². The van der Waals surface area contributed by atoms with Gasteiger partial charge in [0.1, 0.15) is 12.1 Å². The van der Waals surface area contributed by atoms with E-state index in [-0.39, 0.29) is 0 Å². The van der Waals surface area contributed by atoms with Gasteiger partial charge in [-0.15, -0.1) is 0 Å². The van der Waals surface area contributed by atoms with Crippen molar-refractivity contribution in [3.8, 4) is 11.8 Å². The molecule has 0 spiro atoms. The van der Waals surface area contributed by atoms with Gasteiger partial charge in [-0.1, -0.05) is 5.92 Å². The molecule has 0 N–H and O–H groups in total. The molecule has 0 aromatic carbocycles. The molecule has 1 rings (SSSR count). The summed E-state index contributed by atoms with van der Waals surface area (Å²) in [5.41, 5.74) is -4.63. The largest absolute Gasteiger partial charge is 0.328 e. The summed E-state index contributed by atoms with van der Waals surface area (Å²) in [7, 11) is 0. The molecule has 1 nitrogen and oxygen atoms in total. The van der Waals surface area contributed by atoms with E-state index in [1.807, 2.05) is 0 Å². The van der Waals surface area contributed by atoms with Gasteiger partial charge in [-0.3, -0.25) is 4.79 Å². The Hall–Kier alpha value is -1.47. The molecule has 0 fully saturated rings. The highest BCUT2D eigenvalue weighted by molar-refractivity contribution is 5.82. The number of rotatable bonds is 5. The number of halogens is 10. The van der Waals surface area contributed by atoms with Crippen molar-refractivity contribution >= 4 is 6.04 Å². The molecule has 0 saturated carbocycles. The summed E-state index contributed by atoms with van der Waals surface area (Å²) >= 11 is 0. The Labute approximate surface area is 116 Å². The highest BCUT2D eigenvalue weighted by atomic mass is 19.3. The topological polar surface area (TPSA) is 17.1 Å². The Morgan fingerprint density at radius 1 is 0.909 bits per heavy atom. The Kier molecular flexibility index (Phi) is 4.75. The summed E-state index contributed by atoms with van der Waals surface area (Å²) < 4.78 is 129. The van der Waals surface area contributed by atoms with Crippen molar-refractivity contribution in [1.29, 1.82) is 0 Å². The fourth-order valence-electron chi connectivity index (χ4n) is 1.97. The lowest BCUT2D eigenvalue weighted by Crippen LogP contribution is -2.59. The van der Waals surface area contributed by atoms with Gasteiger partial charge in [-0.05, 0) is 5.92 Å². The molecule has 0 saturated heterocycles. The van der Waals surface area contributed by atoms with Crippen LogP contribution in [0.15, 0.2) is 0 Å². The highest BCUT2D eigenvalue weighted by Gasteiger charge is 2.71. The zero-order chi connectivity index (χ0) is 17.5. The maximum absolute atomic E-state index is 13.9. The van der Waals surface area contributed by atoms with E-state index in [1.165, 1.54) is 0 Å². The van der Waals surface area contributed by atoms with E-state index in [9.17, 15) is 48.7 Å². The van der Waals surface area contributed by atoms with E-state index in [0.717, 1.165) is 0 Å². The lowest BCUT2D eigenvalue weighted by molar-refractivity contribution is -0.205. The first-order chi connectivity index (χ1) is 9.78. The predicted octanol–water partition coefficient (Wildman–Crippen LogP) is 3.63. The van der Waals surface area contributed by atoms with Crippen molar-refractivity contribution < 1.29 is 48.7 Å². The summed E-state index contributed by atoms with van der Waals surface area (Å²) in [6.45, 7) is 0. The van der Waals surface area contributed by atoms with Crippen LogP contribution in [0.3, 0.4) is 0 Å². The lowest BCUT2D eigenvalue weighted by Gasteiger charge is -2.40. The lowest BCUT2D eigenvalue weighted by atomic mass is 9.69. The van der Waals surface area contributed by atoms with Crippen LogP contribution in [0.25, 0.3) is 0 Å². The molecule has 0 aliphatic heterocycles. The smallest absolute Gasteiger partial charge is 0.259 e. The van der Waals surface area contributed by atoms with E-state index in [1.54, 1.807) is 0 Å². The first-order valence-corrected chi connectivity index (χ1v) is 5.49. The third kappa shape index (κ3) is 2.87. The monoisotopic (exact) mass is 344 g/mol. The van der Waals surface area contributed by atoms with E-state index in [4.69, 9.17) is 0 Å². The van der Waals surface area contributed by atoms with Crippen LogP contribution in [0.4, 0.5) is 43.9 Å². The first-order valence-electron chi connectivity index (χ1n) is 5.49. The molecule has 0 aromatic heterocycles. The molecule has 2 unspecified atom stereocenters. The number of alkyl halides is 9. The van der Waals surface area contributed by atoms with Crippen LogP contribution in [0.1, 0.15) is 6.42 Å². The average Bonchev–Trinajstić information content (AvgIpc) is 2.24. The van der Waals surface area contributed by atoms with Gasteiger partial charge >= 0.3 is 12.0 Å². The predicted molar refractivity (Wildman–Crippen MR) is 51.2 cm³/mol. The maximum atomic E-state index is 13.9. The average molecular weight is 344 g/mol. The normalized spacial score (nSPS) is 27.7. The summed E-state index contributed by atoms with van der Waals surface area (Å²) in [5.74, 6) is -12.3. The molecule has 1 aliphatic rings. The van der Waals surface area contributed by atoms with Gasteiger partial charge in [-0.25, -0.2) is 30.7 Å². The Morgan fingerprint density at radius 2 is 1.36 bits per heavy atom. The third-order valence-corrected chi connectivity index (χ3v) is 3.11. The summed E-state index contributed by atoms with van der Waals surface area (Å²) in [5, 5.41) is 0. The van der Waals surface area contributed by atoms with Crippen molar-refractivity contribution in [2.75, 3.05) is 0 Å². The van der Waals surface area contributed by atoms with Gasteiger partial charge in [0.05, 0.1) is 6.42 Å².